The zero-order valence-electron chi connectivity index (χ0n) is 76.3. The van der Waals surface area contributed by atoms with Gasteiger partial charge in [-0.15, -0.1) is 0 Å². The van der Waals surface area contributed by atoms with E-state index in [1.54, 1.807) is 0 Å². The van der Waals surface area contributed by atoms with Gasteiger partial charge in [0.1, 0.15) is 11.2 Å². The molecule has 0 amide bonds. The first-order valence-corrected chi connectivity index (χ1v) is 45.9. The number of benzene rings is 17. The number of hydrogen-bond acceptors (Lipinski definition) is 3. The van der Waals surface area contributed by atoms with Crippen LogP contribution in [0.4, 0.5) is 34.1 Å². The molecule has 1 atom stereocenters. The van der Waals surface area contributed by atoms with E-state index >= 15 is 0 Å². The van der Waals surface area contributed by atoms with Crippen LogP contribution < -0.4 is 9.80 Å². The van der Waals surface area contributed by atoms with Gasteiger partial charge in [0.25, 0.3) is 0 Å². The van der Waals surface area contributed by atoms with Crippen LogP contribution in [0.25, 0.3) is 160 Å². The average Bonchev–Trinajstić information content (AvgIpc) is 1.15. The minimum absolute atomic E-state index is 0.0968. The summed E-state index contributed by atoms with van der Waals surface area (Å²) in [5.41, 5.74) is 38.3. The Labute approximate surface area is 756 Å². The zero-order valence-corrected chi connectivity index (χ0v) is 76.3. The topological polar surface area (TPSA) is 34.4 Å². The number of aromatic nitrogens is 3. The van der Waals surface area contributed by atoms with Gasteiger partial charge in [0, 0.05) is 88.3 Å². The molecule has 2 aliphatic heterocycles. The Morgan fingerprint density at radius 2 is 0.636 bits per heavy atom. The third-order valence-electron chi connectivity index (χ3n) is 27.9. The Hall–Kier alpha value is -14.5. The summed E-state index contributed by atoms with van der Waals surface area (Å²) >= 11 is 0. The number of nitrogens with zero attached hydrogens (tertiary/aromatic N) is 5. The molecule has 0 bridgehead atoms. The molecule has 21 aromatic rings. The molecule has 0 fully saturated rings. The minimum atomic E-state index is -0.392. The highest BCUT2D eigenvalue weighted by molar-refractivity contribution is 6.16. The van der Waals surface area contributed by atoms with E-state index < -0.39 is 5.41 Å². The fourth-order valence-corrected chi connectivity index (χ4v) is 21.3. The van der Waals surface area contributed by atoms with Crippen molar-refractivity contribution in [2.75, 3.05) is 9.80 Å². The molecule has 4 aromatic heterocycles. The summed E-state index contributed by atoms with van der Waals surface area (Å²) in [4.78, 5) is 5.45. The van der Waals surface area contributed by atoms with Crippen LogP contribution in [0.5, 0.6) is 0 Å². The predicted octanol–water partition coefficient (Wildman–Crippen LogP) is 34.4. The lowest BCUT2D eigenvalue weighted by atomic mass is 9.74. The first-order valence-electron chi connectivity index (χ1n) is 45.9. The summed E-state index contributed by atoms with van der Waals surface area (Å²) in [7, 11) is 0. The molecule has 2 aliphatic rings. The molecule has 6 heteroatoms. The Bertz CT molecular complexity index is 7940. The van der Waals surface area contributed by atoms with E-state index in [2.05, 4.69) is 485 Å². The molecule has 0 spiro atoms. The summed E-state index contributed by atoms with van der Waals surface area (Å²) < 4.78 is 15.1. The molecule has 129 heavy (non-hydrogen) atoms. The van der Waals surface area contributed by atoms with Crippen LogP contribution >= 0.6 is 0 Å². The van der Waals surface area contributed by atoms with Crippen molar-refractivity contribution in [1.29, 1.82) is 0 Å². The molecule has 23 rings (SSSR count). The molecular weight excluding hydrogens is 1560 g/mol. The monoisotopic (exact) mass is 1670 g/mol. The number of anilines is 6. The van der Waals surface area contributed by atoms with Crippen molar-refractivity contribution in [1.82, 2.24) is 13.7 Å². The molecule has 6 nitrogen and oxygen atoms in total. The lowest BCUT2D eigenvalue weighted by Gasteiger charge is -2.47. The van der Waals surface area contributed by atoms with E-state index in [1.165, 1.54) is 76.8 Å². The fourth-order valence-electron chi connectivity index (χ4n) is 21.3. The number of rotatable bonds is 10. The maximum atomic E-state index is 7.38. The Morgan fingerprint density at radius 3 is 1.13 bits per heavy atom. The van der Waals surface area contributed by atoms with Crippen LogP contribution in [0, 0.1) is 0 Å². The second-order valence-corrected chi connectivity index (χ2v) is 41.3. The van der Waals surface area contributed by atoms with Gasteiger partial charge in [-0.3, -0.25) is 0 Å². The molecule has 1 unspecified atom stereocenters. The van der Waals surface area contributed by atoms with Crippen molar-refractivity contribution in [3.05, 3.63) is 402 Å². The van der Waals surface area contributed by atoms with E-state index in [4.69, 9.17) is 4.42 Å². The third-order valence-corrected chi connectivity index (χ3v) is 27.9. The lowest BCUT2D eigenvalue weighted by molar-refractivity contribution is 0.590. The van der Waals surface area contributed by atoms with Crippen molar-refractivity contribution in [2.45, 2.75) is 137 Å². The van der Waals surface area contributed by atoms with Crippen molar-refractivity contribution >= 4 is 121 Å². The number of fused-ring (bicyclic) bond motifs is 16. The highest BCUT2D eigenvalue weighted by atomic mass is 16.3. The van der Waals surface area contributed by atoms with E-state index in [9.17, 15) is 0 Å². The van der Waals surface area contributed by atoms with Crippen LogP contribution in [-0.2, 0) is 27.1 Å². The van der Waals surface area contributed by atoms with E-state index in [1.807, 2.05) is 0 Å². The smallest absolute Gasteiger partial charge is 0.143 e. The summed E-state index contributed by atoms with van der Waals surface area (Å²) in [6.07, 6.45) is 0. The van der Waals surface area contributed by atoms with Crippen molar-refractivity contribution < 1.29 is 4.42 Å². The van der Waals surface area contributed by atoms with Gasteiger partial charge in [0.05, 0.1) is 67.2 Å². The predicted molar refractivity (Wildman–Crippen MR) is 548 cm³/mol. The van der Waals surface area contributed by atoms with Gasteiger partial charge in [-0.25, -0.2) is 0 Å². The summed E-state index contributed by atoms with van der Waals surface area (Å²) in [6.45, 7) is 35.3. The van der Waals surface area contributed by atoms with Crippen LogP contribution in [0.15, 0.2) is 362 Å². The standard InChI is InChI=1S/C123H105N5O/c1-119(2,3)81-52-60-104-97(69-81)98-70-82(120(4,5)6)53-61-105(98)125(104)85-56-58-95-109(73-85)126(87-65-78(75-34-19-16-20-35-75)64-79(66-87)76-36-21-17-22-37-76)111-67-80(114-92(94-46-31-45-93-91-42-27-30-51-113(91)129-118(93)94)44-33-50-108(114)127-106-62-54-83(121(7,8)9)71-99(106)100-72-84(122(10,11)12)55-63-107(100)127)68-112-116(111)115(95)96-59-57-86(124-102-48-28-25-40-89(102)90-41-26-29-49-103(90)124)74-110(96)128(112)117-88(77-38-23-18-24-39-77)43-32-47-101(117)123(13,14)15/h16-74,115H,1-15H3. The van der Waals surface area contributed by atoms with Gasteiger partial charge < -0.3 is 27.9 Å². The molecule has 0 saturated carbocycles. The van der Waals surface area contributed by atoms with Crippen molar-refractivity contribution in [3.63, 3.8) is 0 Å². The molecule has 6 heterocycles. The highest BCUT2D eigenvalue weighted by Crippen LogP contribution is 2.65. The van der Waals surface area contributed by atoms with Gasteiger partial charge in [-0.2, -0.15) is 0 Å². The SMILES string of the molecule is CC(C)(C)c1ccc2c(c1)c1cc(C(C)(C)C)ccc1n2-c1ccc2c(c1)N(c1cc(-c3ccccc3)cc(-c3ccccc3)c1)c1cc(-c3c(-c4cccc5c4oc4ccccc45)cccc3-n3c4ccc(C(C)(C)C)cc4c4cc(C(C)(C)C)ccc43)cc3c1C2c1ccc(-n2c4ccccc4c4ccccc42)cc1N3c1c(-c2ccccc2)cccc1C(C)(C)C. The molecule has 0 radical (unpaired) electrons. The zero-order chi connectivity index (χ0) is 88.2. The second kappa shape index (κ2) is 29.0. The van der Waals surface area contributed by atoms with Crippen LogP contribution in [0.1, 0.15) is 154 Å². The van der Waals surface area contributed by atoms with Crippen molar-refractivity contribution in [3.8, 4) is 72.7 Å². The summed E-state index contributed by atoms with van der Waals surface area (Å²) in [5.74, 6) is -0.345. The molecule has 0 aliphatic carbocycles. The maximum Gasteiger partial charge on any atom is 0.143 e. The first kappa shape index (κ1) is 79.2. The highest BCUT2D eigenvalue weighted by Gasteiger charge is 2.45. The Kier molecular flexibility index (Phi) is 17.8. The summed E-state index contributed by atoms with van der Waals surface area (Å²) in [5, 5.41) is 9.49. The van der Waals surface area contributed by atoms with E-state index in [0.29, 0.717) is 0 Å². The largest absolute Gasteiger partial charge is 0.455 e. The Balaban J connectivity index is 0.927. The number of hydrogen-bond donors (Lipinski definition) is 0. The maximum absolute atomic E-state index is 7.38. The molecule has 0 saturated heterocycles. The number of para-hydroxylation sites is 5. The lowest BCUT2D eigenvalue weighted by Crippen LogP contribution is -2.31. The quantitative estimate of drug-likeness (QED) is 0.137. The molecular formula is C123H105N5O. The van der Waals surface area contributed by atoms with Gasteiger partial charge >= 0.3 is 0 Å². The van der Waals surface area contributed by atoms with Gasteiger partial charge in [0.2, 0.25) is 0 Å². The van der Waals surface area contributed by atoms with E-state index in [0.717, 1.165) is 162 Å². The Morgan fingerprint density at radius 1 is 0.233 bits per heavy atom. The van der Waals surface area contributed by atoms with Crippen LogP contribution in [0.3, 0.4) is 0 Å². The third kappa shape index (κ3) is 12.8. The van der Waals surface area contributed by atoms with Crippen molar-refractivity contribution in [2.24, 2.45) is 0 Å². The van der Waals surface area contributed by atoms with Crippen LogP contribution in [0.2, 0.25) is 0 Å². The van der Waals surface area contributed by atoms with Gasteiger partial charge in [0.15, 0.2) is 0 Å². The van der Waals surface area contributed by atoms with Crippen LogP contribution in [-0.4, -0.2) is 13.7 Å². The molecule has 628 valence electrons. The van der Waals surface area contributed by atoms with E-state index in [-0.39, 0.29) is 27.6 Å². The molecule has 0 N–H and O–H groups in total. The first-order chi connectivity index (χ1) is 62.2. The minimum Gasteiger partial charge on any atom is -0.455 e. The second-order valence-electron chi connectivity index (χ2n) is 41.3. The van der Waals surface area contributed by atoms with Gasteiger partial charge in [-0.1, -0.05) is 334 Å². The molecule has 17 aromatic carbocycles. The van der Waals surface area contributed by atoms with Gasteiger partial charge in [-0.05, 0) is 232 Å². The number of furan rings is 1. The normalized spacial score (nSPS) is 13.7. The summed E-state index contributed by atoms with van der Waals surface area (Å²) in [6, 6.07) is 137. The fraction of sp³-hybridized carbons (Fsp3) is 0.171. The average molecular weight is 1670 g/mol.